The monoisotopic (exact) mass is 625 g/mol. The van der Waals surface area contributed by atoms with Crippen molar-refractivity contribution < 1.29 is 58.5 Å². The fourth-order valence-corrected chi connectivity index (χ4v) is 4.42. The molecule has 1 amide bonds. The van der Waals surface area contributed by atoms with Crippen molar-refractivity contribution >= 4 is 6.41 Å². The molecule has 0 saturated heterocycles. The summed E-state index contributed by atoms with van der Waals surface area (Å²) in [6.45, 7) is 1.81. The molecule has 14 heteroatoms. The Bertz CT molecular complexity index is 1430. The number of amides is 1. The van der Waals surface area contributed by atoms with Gasteiger partial charge in [-0.15, -0.1) is 0 Å². The minimum Gasteiger partial charge on any atom is -0.496 e. The molecule has 4 nitrogen and oxygen atoms in total. The van der Waals surface area contributed by atoms with Gasteiger partial charge in [0, 0.05) is 18.2 Å². The molecule has 0 spiro atoms. The number of aliphatic hydroxyl groups is 1. The van der Waals surface area contributed by atoms with E-state index in [1.165, 1.54) is 13.2 Å². The average molecular weight is 626 g/mol. The lowest BCUT2D eigenvalue weighted by molar-refractivity contribution is -0.143. The van der Waals surface area contributed by atoms with E-state index >= 15 is 0 Å². The second-order valence-electron chi connectivity index (χ2n) is 9.99. The molecule has 3 aromatic rings. The number of ether oxygens (including phenoxy) is 1. The predicted molar refractivity (Wildman–Crippen MR) is 135 cm³/mol. The first-order chi connectivity index (χ1) is 19.8. The summed E-state index contributed by atoms with van der Waals surface area (Å²) >= 11 is 0. The van der Waals surface area contributed by atoms with Crippen LogP contribution in [0.4, 0.5) is 43.9 Å². The molecule has 1 N–H and O–H groups in total. The molecule has 0 heterocycles. The first kappa shape index (κ1) is 33.7. The van der Waals surface area contributed by atoms with Gasteiger partial charge in [0.1, 0.15) is 11.6 Å². The van der Waals surface area contributed by atoms with Crippen LogP contribution in [0.5, 0.6) is 5.75 Å². The minimum atomic E-state index is -5.20. The van der Waals surface area contributed by atoms with E-state index in [9.17, 15) is 53.8 Å². The summed E-state index contributed by atoms with van der Waals surface area (Å²) in [6.07, 6.45) is -17.2. The third kappa shape index (κ3) is 7.98. The number of benzene rings is 3. The van der Waals surface area contributed by atoms with E-state index in [0.717, 1.165) is 18.2 Å². The Morgan fingerprint density at radius 3 is 1.84 bits per heavy atom. The number of halogens is 10. The molecule has 0 aromatic heterocycles. The Balaban J connectivity index is 2.09. The van der Waals surface area contributed by atoms with Gasteiger partial charge in [-0.1, -0.05) is 19.9 Å². The second-order valence-corrected chi connectivity index (χ2v) is 9.99. The Hall–Kier alpha value is -3.81. The molecular weight excluding hydrogens is 600 g/mol. The van der Waals surface area contributed by atoms with Crippen LogP contribution >= 0.6 is 0 Å². The van der Waals surface area contributed by atoms with E-state index in [4.69, 9.17) is 4.74 Å². The zero-order valence-electron chi connectivity index (χ0n) is 22.8. The number of carbonyl (C=O) groups excluding carboxylic acids is 1. The van der Waals surface area contributed by atoms with Crippen LogP contribution in [0, 0.1) is 5.82 Å². The normalized spacial score (nSPS) is 13.3. The number of rotatable bonds is 9. The number of carbonyl (C=O) groups is 1. The molecule has 1 atom stereocenters. The summed E-state index contributed by atoms with van der Waals surface area (Å²) in [5.74, 6) is -1.04. The molecule has 0 aliphatic rings. The first-order valence-corrected chi connectivity index (χ1v) is 12.5. The minimum absolute atomic E-state index is 0.0516. The van der Waals surface area contributed by atoms with Crippen LogP contribution in [0.15, 0.2) is 48.5 Å². The topological polar surface area (TPSA) is 49.8 Å². The van der Waals surface area contributed by atoms with E-state index in [1.54, 1.807) is 13.8 Å². The highest BCUT2D eigenvalue weighted by Gasteiger charge is 2.38. The lowest BCUT2D eigenvalue weighted by atomic mass is 9.92. The van der Waals surface area contributed by atoms with Crippen LogP contribution < -0.4 is 4.74 Å². The van der Waals surface area contributed by atoms with Crippen LogP contribution in [-0.4, -0.2) is 30.1 Å². The third-order valence-electron chi connectivity index (χ3n) is 6.59. The van der Waals surface area contributed by atoms with Crippen LogP contribution in [-0.2, 0) is 29.9 Å². The number of alkyl halides is 9. The Labute approximate surface area is 239 Å². The van der Waals surface area contributed by atoms with E-state index in [-0.39, 0.29) is 58.5 Å². The summed E-state index contributed by atoms with van der Waals surface area (Å²) in [5, 5.41) is 10.6. The van der Waals surface area contributed by atoms with Gasteiger partial charge in [-0.3, -0.25) is 4.79 Å². The molecule has 3 aromatic carbocycles. The molecule has 234 valence electrons. The summed E-state index contributed by atoms with van der Waals surface area (Å²) in [5.41, 5.74) is -5.07. The van der Waals surface area contributed by atoms with Crippen LogP contribution in [0.25, 0.3) is 11.1 Å². The van der Waals surface area contributed by atoms with Crippen LogP contribution in [0.3, 0.4) is 0 Å². The molecule has 0 saturated carbocycles. The fraction of sp³-hybridized carbons (Fsp3) is 0.345. The molecule has 0 aliphatic heterocycles. The van der Waals surface area contributed by atoms with E-state index in [2.05, 4.69) is 0 Å². The van der Waals surface area contributed by atoms with E-state index < -0.39 is 65.8 Å². The molecular formula is C29H25F10NO3. The average Bonchev–Trinajstić information content (AvgIpc) is 2.90. The lowest BCUT2D eigenvalue weighted by Crippen LogP contribution is -2.28. The highest BCUT2D eigenvalue weighted by molar-refractivity contribution is 5.75. The number of methoxy groups -OCH3 is 1. The summed E-state index contributed by atoms with van der Waals surface area (Å²) in [7, 11) is 1.20. The zero-order valence-corrected chi connectivity index (χ0v) is 22.8. The van der Waals surface area contributed by atoms with Gasteiger partial charge in [0.15, 0.2) is 0 Å². The SMILES string of the molecule is COc1cc(F)c(C(C)C)cc1-c1ccc(C(F)(F)F)cc1CN(C=O)CC(O)c1cc(C(F)(F)F)cc(C(F)(F)F)c1. The van der Waals surface area contributed by atoms with Crippen molar-refractivity contribution in [2.45, 2.75) is 50.9 Å². The summed E-state index contributed by atoms with van der Waals surface area (Å²) in [4.78, 5) is 12.6. The fourth-order valence-electron chi connectivity index (χ4n) is 4.42. The van der Waals surface area contributed by atoms with Crippen LogP contribution in [0.1, 0.15) is 59.3 Å². The van der Waals surface area contributed by atoms with Crippen molar-refractivity contribution in [2.24, 2.45) is 0 Å². The largest absolute Gasteiger partial charge is 0.496 e. The van der Waals surface area contributed by atoms with E-state index in [1.807, 2.05) is 0 Å². The molecule has 0 aliphatic carbocycles. The van der Waals surface area contributed by atoms with Gasteiger partial charge in [0.25, 0.3) is 0 Å². The molecule has 0 fully saturated rings. The van der Waals surface area contributed by atoms with Crippen molar-refractivity contribution in [1.29, 1.82) is 0 Å². The number of hydrogen-bond donors (Lipinski definition) is 1. The number of hydrogen-bond acceptors (Lipinski definition) is 3. The highest BCUT2D eigenvalue weighted by atomic mass is 19.4. The van der Waals surface area contributed by atoms with Gasteiger partial charge in [0.05, 0.1) is 36.4 Å². The standard InChI is InChI=1S/C29H25F10NO3/c1-15(2)22-10-23(26(43-3)11-24(22)30)21-5-4-18(27(31,32)33)8-17(21)12-40(14-41)13-25(42)16-6-19(28(34,35)36)9-20(7-16)29(37,38)39/h4-11,14-15,25,42H,12-13H2,1-3H3. The Morgan fingerprint density at radius 1 is 0.814 bits per heavy atom. The number of aliphatic hydroxyl groups excluding tert-OH is 1. The van der Waals surface area contributed by atoms with Crippen molar-refractivity contribution in [3.8, 4) is 16.9 Å². The molecule has 0 radical (unpaired) electrons. The zero-order chi connectivity index (χ0) is 32.5. The molecule has 43 heavy (non-hydrogen) atoms. The van der Waals surface area contributed by atoms with Crippen molar-refractivity contribution in [1.82, 2.24) is 4.90 Å². The second kappa shape index (κ2) is 12.4. The number of nitrogens with zero attached hydrogens (tertiary/aromatic N) is 1. The van der Waals surface area contributed by atoms with Crippen molar-refractivity contribution in [3.05, 3.63) is 87.7 Å². The first-order valence-electron chi connectivity index (χ1n) is 12.5. The van der Waals surface area contributed by atoms with Crippen LogP contribution in [0.2, 0.25) is 0 Å². The quantitative estimate of drug-likeness (QED) is 0.192. The molecule has 3 rings (SSSR count). The Morgan fingerprint density at radius 2 is 1.37 bits per heavy atom. The Kier molecular flexibility index (Phi) is 9.74. The van der Waals surface area contributed by atoms with Gasteiger partial charge in [0.2, 0.25) is 6.41 Å². The van der Waals surface area contributed by atoms with Gasteiger partial charge >= 0.3 is 18.5 Å². The van der Waals surface area contributed by atoms with Gasteiger partial charge in [-0.2, -0.15) is 39.5 Å². The van der Waals surface area contributed by atoms with Gasteiger partial charge < -0.3 is 14.7 Å². The maximum absolute atomic E-state index is 14.6. The summed E-state index contributed by atoms with van der Waals surface area (Å²) in [6, 6.07) is 5.36. The van der Waals surface area contributed by atoms with Crippen molar-refractivity contribution in [2.75, 3.05) is 13.7 Å². The maximum atomic E-state index is 14.6. The maximum Gasteiger partial charge on any atom is 0.416 e. The molecule has 1 unspecified atom stereocenters. The van der Waals surface area contributed by atoms with E-state index in [0.29, 0.717) is 11.0 Å². The highest BCUT2D eigenvalue weighted by Crippen LogP contribution is 2.41. The third-order valence-corrected chi connectivity index (χ3v) is 6.59. The smallest absolute Gasteiger partial charge is 0.416 e. The van der Waals surface area contributed by atoms with Crippen molar-refractivity contribution in [3.63, 3.8) is 0 Å². The molecule has 0 bridgehead atoms. The predicted octanol–water partition coefficient (Wildman–Crippen LogP) is 8.37. The summed E-state index contributed by atoms with van der Waals surface area (Å²) < 4.78 is 140. The van der Waals surface area contributed by atoms with Gasteiger partial charge in [-0.25, -0.2) is 4.39 Å². The van der Waals surface area contributed by atoms with Gasteiger partial charge in [-0.05, 0) is 64.6 Å². The lowest BCUT2D eigenvalue weighted by Gasteiger charge is -2.25.